The number of halogens is 1. The van der Waals surface area contributed by atoms with Crippen molar-refractivity contribution < 1.29 is 14.5 Å². The quantitative estimate of drug-likeness (QED) is 0.612. The number of amides is 2. The van der Waals surface area contributed by atoms with Crippen molar-refractivity contribution in [1.29, 1.82) is 0 Å². The summed E-state index contributed by atoms with van der Waals surface area (Å²) in [5, 5.41) is 14.2. The Morgan fingerprint density at radius 3 is 2.57 bits per heavy atom. The summed E-state index contributed by atoms with van der Waals surface area (Å²) >= 11 is 6.08. The molecule has 0 aliphatic carbocycles. The lowest BCUT2D eigenvalue weighted by molar-refractivity contribution is -0.384. The molecular formula is C20H20ClN3O4. The highest BCUT2D eigenvalue weighted by Crippen LogP contribution is 2.32. The fraction of sp³-hybridized carbons (Fsp3) is 0.300. The first kappa shape index (κ1) is 19.8. The molecule has 8 heteroatoms. The summed E-state index contributed by atoms with van der Waals surface area (Å²) in [5.74, 6) is -0.910. The van der Waals surface area contributed by atoms with Gasteiger partial charge in [0, 0.05) is 18.7 Å². The Kier molecular flexibility index (Phi) is 5.65. The van der Waals surface area contributed by atoms with E-state index >= 15 is 0 Å². The molecule has 146 valence electrons. The Morgan fingerprint density at radius 2 is 1.93 bits per heavy atom. The van der Waals surface area contributed by atoms with Crippen molar-refractivity contribution in [3.05, 3.63) is 68.7 Å². The Morgan fingerprint density at radius 1 is 1.21 bits per heavy atom. The third-order valence-corrected chi connectivity index (χ3v) is 5.11. The van der Waals surface area contributed by atoms with Crippen molar-refractivity contribution >= 4 is 34.8 Å². The summed E-state index contributed by atoms with van der Waals surface area (Å²) in [6.45, 7) is 4.08. The van der Waals surface area contributed by atoms with E-state index in [9.17, 15) is 19.7 Å². The smallest absolute Gasteiger partial charge is 0.271 e. The van der Waals surface area contributed by atoms with E-state index in [1.54, 1.807) is 30.3 Å². The zero-order chi connectivity index (χ0) is 20.4. The number of hydrogen-bond donors (Lipinski definition) is 1. The second-order valence-electron chi connectivity index (χ2n) is 6.98. The van der Waals surface area contributed by atoms with Crippen LogP contribution in [0.15, 0.2) is 42.5 Å². The van der Waals surface area contributed by atoms with Crippen molar-refractivity contribution in [2.45, 2.75) is 26.3 Å². The van der Waals surface area contributed by atoms with Gasteiger partial charge >= 0.3 is 0 Å². The Bertz CT molecular complexity index is 945. The molecule has 2 aromatic rings. The maximum absolute atomic E-state index is 13.2. The average Bonchev–Trinajstić information content (AvgIpc) is 3.08. The molecule has 0 bridgehead atoms. The van der Waals surface area contributed by atoms with Gasteiger partial charge in [0.1, 0.15) is 6.04 Å². The second-order valence-corrected chi connectivity index (χ2v) is 7.39. The molecule has 7 nitrogen and oxygen atoms in total. The van der Waals surface area contributed by atoms with Crippen molar-refractivity contribution in [1.82, 2.24) is 5.32 Å². The van der Waals surface area contributed by atoms with Crippen LogP contribution in [0.1, 0.15) is 29.8 Å². The maximum atomic E-state index is 13.2. The van der Waals surface area contributed by atoms with Crippen LogP contribution >= 0.6 is 11.6 Å². The first-order valence-corrected chi connectivity index (χ1v) is 9.31. The van der Waals surface area contributed by atoms with Gasteiger partial charge in [-0.2, -0.15) is 0 Å². The van der Waals surface area contributed by atoms with Crippen LogP contribution in [0, 0.1) is 16.0 Å². The Balaban J connectivity index is 1.86. The number of nitrogens with zero attached hydrogens (tertiary/aromatic N) is 2. The Labute approximate surface area is 167 Å². The van der Waals surface area contributed by atoms with E-state index in [1.165, 1.54) is 17.0 Å². The molecule has 2 aromatic carbocycles. The van der Waals surface area contributed by atoms with Gasteiger partial charge in [0.2, 0.25) is 5.91 Å². The van der Waals surface area contributed by atoms with Gasteiger partial charge in [0.25, 0.3) is 11.6 Å². The molecule has 1 unspecified atom stereocenters. The first-order chi connectivity index (χ1) is 13.3. The van der Waals surface area contributed by atoms with Gasteiger partial charge in [0.05, 0.1) is 21.2 Å². The van der Waals surface area contributed by atoms with E-state index in [2.05, 4.69) is 5.32 Å². The summed E-state index contributed by atoms with van der Waals surface area (Å²) in [7, 11) is 0. The number of fused-ring (bicyclic) bond motifs is 1. The van der Waals surface area contributed by atoms with Gasteiger partial charge in [-0.15, -0.1) is 0 Å². The predicted molar refractivity (Wildman–Crippen MR) is 107 cm³/mol. The van der Waals surface area contributed by atoms with Crippen molar-refractivity contribution in [2.75, 3.05) is 11.4 Å². The minimum Gasteiger partial charge on any atom is -0.340 e. The number of carbonyl (C=O) groups is 2. The third kappa shape index (κ3) is 3.84. The molecule has 3 rings (SSSR count). The van der Waals surface area contributed by atoms with Crippen molar-refractivity contribution in [2.24, 2.45) is 5.92 Å². The van der Waals surface area contributed by atoms with Crippen molar-refractivity contribution in [3.8, 4) is 0 Å². The van der Waals surface area contributed by atoms with Crippen LogP contribution in [0.2, 0.25) is 5.02 Å². The van der Waals surface area contributed by atoms with E-state index < -0.39 is 16.9 Å². The highest BCUT2D eigenvalue weighted by Gasteiger charge is 2.34. The number of benzene rings is 2. The number of hydrogen-bond acceptors (Lipinski definition) is 4. The predicted octanol–water partition coefficient (Wildman–Crippen LogP) is 3.59. The minimum atomic E-state index is -0.783. The van der Waals surface area contributed by atoms with Crippen LogP contribution in [-0.4, -0.2) is 29.3 Å². The van der Waals surface area contributed by atoms with E-state index in [4.69, 9.17) is 11.6 Å². The van der Waals surface area contributed by atoms with Crippen LogP contribution < -0.4 is 10.2 Å². The van der Waals surface area contributed by atoms with Gasteiger partial charge in [-0.3, -0.25) is 19.7 Å². The minimum absolute atomic E-state index is 0.0698. The molecule has 1 N–H and O–H groups in total. The van der Waals surface area contributed by atoms with E-state index in [-0.39, 0.29) is 17.5 Å². The third-order valence-electron chi connectivity index (χ3n) is 4.78. The van der Waals surface area contributed by atoms with Gasteiger partial charge in [-0.1, -0.05) is 43.6 Å². The fourth-order valence-corrected chi connectivity index (χ4v) is 3.48. The molecule has 0 saturated heterocycles. The standard InChI is InChI=1S/C20H20ClN3O4/c1-12(2)18(22-19(25)15-5-3-4-6-16(15)21)20(26)23-10-9-13-7-8-14(24(27)28)11-17(13)23/h3-8,11-12,18H,9-10H2,1-2H3,(H,22,25). The molecule has 28 heavy (non-hydrogen) atoms. The van der Waals surface area contributed by atoms with Gasteiger partial charge in [-0.05, 0) is 30.0 Å². The lowest BCUT2D eigenvalue weighted by Crippen LogP contribution is -2.51. The molecular weight excluding hydrogens is 382 g/mol. The summed E-state index contributed by atoms with van der Waals surface area (Å²) in [5.41, 5.74) is 1.62. The zero-order valence-corrected chi connectivity index (χ0v) is 16.3. The lowest BCUT2D eigenvalue weighted by Gasteiger charge is -2.27. The highest BCUT2D eigenvalue weighted by molar-refractivity contribution is 6.33. The molecule has 0 fully saturated rings. The van der Waals surface area contributed by atoms with E-state index in [0.717, 1.165) is 5.56 Å². The lowest BCUT2D eigenvalue weighted by atomic mass is 10.0. The summed E-state index contributed by atoms with van der Waals surface area (Å²) in [4.78, 5) is 37.9. The molecule has 1 heterocycles. The number of nitro groups is 1. The molecule has 0 saturated carbocycles. The molecule has 0 spiro atoms. The van der Waals surface area contributed by atoms with E-state index in [1.807, 2.05) is 13.8 Å². The molecule has 0 radical (unpaired) electrons. The number of nitrogens with one attached hydrogen (secondary N) is 1. The average molecular weight is 402 g/mol. The summed E-state index contributed by atoms with van der Waals surface area (Å²) in [6.07, 6.45) is 0.613. The molecule has 1 atom stereocenters. The van der Waals surface area contributed by atoms with Gasteiger partial charge in [0.15, 0.2) is 0 Å². The highest BCUT2D eigenvalue weighted by atomic mass is 35.5. The van der Waals surface area contributed by atoms with Crippen LogP contribution in [0.3, 0.4) is 0 Å². The van der Waals surface area contributed by atoms with Crippen LogP contribution in [0.5, 0.6) is 0 Å². The maximum Gasteiger partial charge on any atom is 0.271 e. The van der Waals surface area contributed by atoms with Crippen LogP contribution in [0.25, 0.3) is 0 Å². The van der Waals surface area contributed by atoms with Gasteiger partial charge in [-0.25, -0.2) is 0 Å². The number of carbonyl (C=O) groups excluding carboxylic acids is 2. The summed E-state index contributed by atoms with van der Waals surface area (Å²) < 4.78 is 0. The largest absolute Gasteiger partial charge is 0.340 e. The topological polar surface area (TPSA) is 92.6 Å². The molecule has 0 aromatic heterocycles. The Hall–Kier alpha value is -2.93. The van der Waals surface area contributed by atoms with E-state index in [0.29, 0.717) is 29.2 Å². The first-order valence-electron chi connectivity index (χ1n) is 8.93. The molecule has 2 amide bonds. The molecule has 1 aliphatic rings. The number of rotatable bonds is 5. The number of nitro benzene ring substituents is 1. The fourth-order valence-electron chi connectivity index (χ4n) is 3.26. The SMILES string of the molecule is CC(C)C(NC(=O)c1ccccc1Cl)C(=O)N1CCc2ccc([N+](=O)[O-])cc21. The zero-order valence-electron chi connectivity index (χ0n) is 15.5. The van der Waals surface area contributed by atoms with Crippen LogP contribution in [-0.2, 0) is 11.2 Å². The normalized spacial score (nSPS) is 13.9. The monoisotopic (exact) mass is 401 g/mol. The van der Waals surface area contributed by atoms with Crippen LogP contribution in [0.4, 0.5) is 11.4 Å². The number of anilines is 1. The second kappa shape index (κ2) is 7.98. The van der Waals surface area contributed by atoms with Gasteiger partial charge < -0.3 is 10.2 Å². The number of non-ortho nitro benzene ring substituents is 1. The summed E-state index contributed by atoms with van der Waals surface area (Å²) in [6, 6.07) is 10.4. The molecule has 1 aliphatic heterocycles. The van der Waals surface area contributed by atoms with Crippen molar-refractivity contribution in [3.63, 3.8) is 0 Å².